The molecule has 1 amide bonds. The van der Waals surface area contributed by atoms with Crippen molar-refractivity contribution in [3.8, 4) is 0 Å². The van der Waals surface area contributed by atoms with Gasteiger partial charge in [-0.25, -0.2) is 23.5 Å². The molecule has 27 heavy (non-hydrogen) atoms. The molecular weight excluding hydrogens is 366 g/mol. The molecule has 0 saturated heterocycles. The minimum absolute atomic E-state index is 0.0626. The van der Waals surface area contributed by atoms with Crippen molar-refractivity contribution in [1.29, 1.82) is 0 Å². The summed E-state index contributed by atoms with van der Waals surface area (Å²) in [6, 6.07) is 6.23. The third kappa shape index (κ3) is 6.95. The molecule has 8 nitrogen and oxygen atoms in total. The largest absolute Gasteiger partial charge is 0.369 e. The predicted molar refractivity (Wildman–Crippen MR) is 104 cm³/mol. The summed E-state index contributed by atoms with van der Waals surface area (Å²) in [6.07, 6.45) is 4.57. The van der Waals surface area contributed by atoms with Crippen LogP contribution < -0.4 is 15.8 Å². The van der Waals surface area contributed by atoms with Crippen LogP contribution in [0.3, 0.4) is 0 Å². The van der Waals surface area contributed by atoms with Gasteiger partial charge in [0.15, 0.2) is 0 Å². The normalized spacial score (nSPS) is 11.4. The predicted octanol–water partition coefficient (Wildman–Crippen LogP) is 1.55. The van der Waals surface area contributed by atoms with Crippen LogP contribution in [0.4, 0.5) is 5.82 Å². The van der Waals surface area contributed by atoms with E-state index in [2.05, 4.69) is 34.4 Å². The van der Waals surface area contributed by atoms with Crippen LogP contribution in [0.5, 0.6) is 0 Å². The van der Waals surface area contributed by atoms with Crippen molar-refractivity contribution in [2.75, 3.05) is 18.4 Å². The van der Waals surface area contributed by atoms with Crippen LogP contribution in [0, 0.1) is 5.92 Å². The van der Waals surface area contributed by atoms with E-state index >= 15 is 0 Å². The number of nitrogens with two attached hydrogens (primary N) is 1. The van der Waals surface area contributed by atoms with E-state index < -0.39 is 10.0 Å². The summed E-state index contributed by atoms with van der Waals surface area (Å²) in [5.41, 5.74) is 1.13. The fourth-order valence-corrected chi connectivity index (χ4v) is 2.80. The fourth-order valence-electron chi connectivity index (χ4n) is 2.28. The van der Waals surface area contributed by atoms with E-state index in [1.807, 2.05) is 0 Å². The molecule has 1 aromatic heterocycles. The Morgan fingerprint density at radius 1 is 1.11 bits per heavy atom. The lowest BCUT2D eigenvalue weighted by atomic mass is 10.1. The molecule has 1 aromatic carbocycles. The molecule has 0 bridgehead atoms. The maximum absolute atomic E-state index is 12.1. The lowest BCUT2D eigenvalue weighted by Gasteiger charge is -2.08. The number of carbonyl (C=O) groups is 1. The van der Waals surface area contributed by atoms with Gasteiger partial charge in [-0.15, -0.1) is 0 Å². The van der Waals surface area contributed by atoms with Crippen LogP contribution in [-0.4, -0.2) is 37.4 Å². The Balaban J connectivity index is 1.80. The van der Waals surface area contributed by atoms with Crippen LogP contribution in [0.15, 0.2) is 41.6 Å². The molecule has 0 saturated carbocycles. The van der Waals surface area contributed by atoms with E-state index in [0.29, 0.717) is 24.7 Å². The second-order valence-corrected chi connectivity index (χ2v) is 8.15. The number of amides is 1. The summed E-state index contributed by atoms with van der Waals surface area (Å²) in [7, 11) is -3.69. The molecule has 0 atom stereocenters. The molecule has 0 aliphatic carbocycles. The van der Waals surface area contributed by atoms with E-state index in [0.717, 1.165) is 18.5 Å². The summed E-state index contributed by atoms with van der Waals surface area (Å²) in [5.74, 6) is 0.936. The molecule has 0 unspecified atom stereocenters. The average molecular weight is 391 g/mol. The first-order chi connectivity index (χ1) is 12.8. The molecule has 2 aromatic rings. The van der Waals surface area contributed by atoms with Crippen LogP contribution >= 0.6 is 0 Å². The van der Waals surface area contributed by atoms with Gasteiger partial charge in [0.25, 0.3) is 5.91 Å². The molecule has 4 N–H and O–H groups in total. The number of hydrogen-bond acceptors (Lipinski definition) is 6. The third-order valence-corrected chi connectivity index (χ3v) is 4.79. The molecule has 0 aliphatic heterocycles. The molecule has 146 valence electrons. The monoisotopic (exact) mass is 391 g/mol. The molecule has 0 spiro atoms. The van der Waals surface area contributed by atoms with E-state index in [4.69, 9.17) is 5.14 Å². The highest BCUT2D eigenvalue weighted by molar-refractivity contribution is 7.89. The Kier molecular flexibility index (Phi) is 7.26. The van der Waals surface area contributed by atoms with Crippen molar-refractivity contribution in [3.05, 3.63) is 47.9 Å². The smallest absolute Gasteiger partial charge is 0.271 e. The Labute approximate surface area is 159 Å². The second kappa shape index (κ2) is 9.43. The number of nitrogens with one attached hydrogen (secondary N) is 2. The van der Waals surface area contributed by atoms with Gasteiger partial charge in [0.1, 0.15) is 11.5 Å². The highest BCUT2D eigenvalue weighted by Crippen LogP contribution is 2.09. The second-order valence-electron chi connectivity index (χ2n) is 6.59. The van der Waals surface area contributed by atoms with Crippen molar-refractivity contribution in [3.63, 3.8) is 0 Å². The summed E-state index contributed by atoms with van der Waals surface area (Å²) >= 11 is 0. The SMILES string of the molecule is CC(C)CCNc1cnc(C(=O)NCCc2ccc(S(N)(=O)=O)cc2)cn1. The van der Waals surface area contributed by atoms with Gasteiger partial charge >= 0.3 is 0 Å². The quantitative estimate of drug-likeness (QED) is 0.595. The van der Waals surface area contributed by atoms with Crippen molar-refractivity contribution in [2.24, 2.45) is 11.1 Å². The summed E-state index contributed by atoms with van der Waals surface area (Å²) in [4.78, 5) is 20.5. The van der Waals surface area contributed by atoms with Gasteiger partial charge in [-0.2, -0.15) is 0 Å². The highest BCUT2D eigenvalue weighted by atomic mass is 32.2. The van der Waals surface area contributed by atoms with Crippen LogP contribution in [0.2, 0.25) is 0 Å². The number of anilines is 1. The molecule has 0 radical (unpaired) electrons. The number of nitrogens with zero attached hydrogens (tertiary/aromatic N) is 2. The number of sulfonamides is 1. The first kappa shape index (κ1) is 20.8. The topological polar surface area (TPSA) is 127 Å². The summed E-state index contributed by atoms with van der Waals surface area (Å²) < 4.78 is 22.4. The first-order valence-electron chi connectivity index (χ1n) is 8.71. The summed E-state index contributed by atoms with van der Waals surface area (Å²) in [6.45, 7) is 5.50. The van der Waals surface area contributed by atoms with Crippen molar-refractivity contribution < 1.29 is 13.2 Å². The zero-order valence-corrected chi connectivity index (χ0v) is 16.3. The maximum atomic E-state index is 12.1. The Hall–Kier alpha value is -2.52. The lowest BCUT2D eigenvalue weighted by Crippen LogP contribution is -2.26. The number of carbonyl (C=O) groups excluding carboxylic acids is 1. The Morgan fingerprint density at radius 3 is 2.37 bits per heavy atom. The fraction of sp³-hybridized carbons (Fsp3) is 0.389. The minimum atomic E-state index is -3.69. The first-order valence-corrected chi connectivity index (χ1v) is 10.3. The molecule has 2 rings (SSSR count). The molecule has 0 fully saturated rings. The van der Waals surface area contributed by atoms with E-state index in [-0.39, 0.29) is 16.5 Å². The number of rotatable bonds is 9. The van der Waals surface area contributed by atoms with Crippen LogP contribution in [0.25, 0.3) is 0 Å². The average Bonchev–Trinajstić information content (AvgIpc) is 2.61. The summed E-state index contributed by atoms with van der Waals surface area (Å²) in [5, 5.41) is 11.0. The molecule has 0 aliphatic rings. The zero-order chi connectivity index (χ0) is 19.9. The van der Waals surface area contributed by atoms with Crippen LogP contribution in [-0.2, 0) is 16.4 Å². The van der Waals surface area contributed by atoms with Gasteiger partial charge in [0.05, 0.1) is 17.3 Å². The lowest BCUT2D eigenvalue weighted by molar-refractivity contribution is 0.0949. The van der Waals surface area contributed by atoms with E-state index in [1.165, 1.54) is 18.3 Å². The van der Waals surface area contributed by atoms with Crippen molar-refractivity contribution in [1.82, 2.24) is 15.3 Å². The minimum Gasteiger partial charge on any atom is -0.369 e. The standard InChI is InChI=1S/C18H25N5O3S/c1-13(2)7-9-20-17-12-22-16(11-23-17)18(24)21-10-8-14-3-5-15(6-4-14)27(19,25)26/h3-6,11-13H,7-10H2,1-2H3,(H,20,23)(H,21,24)(H2,19,25,26). The zero-order valence-electron chi connectivity index (χ0n) is 15.5. The van der Waals surface area contributed by atoms with Gasteiger partial charge < -0.3 is 10.6 Å². The molecule has 1 heterocycles. The van der Waals surface area contributed by atoms with Gasteiger partial charge in [0.2, 0.25) is 10.0 Å². The van der Waals surface area contributed by atoms with E-state index in [1.54, 1.807) is 18.3 Å². The highest BCUT2D eigenvalue weighted by Gasteiger charge is 2.09. The van der Waals surface area contributed by atoms with Gasteiger partial charge in [-0.1, -0.05) is 26.0 Å². The molecule has 9 heteroatoms. The van der Waals surface area contributed by atoms with Crippen LogP contribution in [0.1, 0.15) is 36.3 Å². The number of primary sulfonamides is 1. The third-order valence-electron chi connectivity index (χ3n) is 3.86. The van der Waals surface area contributed by atoms with Crippen molar-refractivity contribution >= 4 is 21.7 Å². The Morgan fingerprint density at radius 2 is 1.81 bits per heavy atom. The number of benzene rings is 1. The maximum Gasteiger partial charge on any atom is 0.271 e. The van der Waals surface area contributed by atoms with Crippen molar-refractivity contribution in [2.45, 2.75) is 31.6 Å². The Bertz CT molecular complexity index is 850. The molecular formula is C18H25N5O3S. The van der Waals surface area contributed by atoms with Gasteiger partial charge in [0, 0.05) is 13.1 Å². The number of aromatic nitrogens is 2. The number of hydrogen-bond donors (Lipinski definition) is 3. The van der Waals surface area contributed by atoms with E-state index in [9.17, 15) is 13.2 Å². The van der Waals surface area contributed by atoms with Gasteiger partial charge in [-0.3, -0.25) is 4.79 Å². The van der Waals surface area contributed by atoms with Gasteiger partial charge in [-0.05, 0) is 36.5 Å².